The maximum Gasteiger partial charge on any atom is 0.422 e. The molecule has 30 heavy (non-hydrogen) atoms. The first-order chi connectivity index (χ1) is 14.4. The lowest BCUT2D eigenvalue weighted by Gasteiger charge is -2.09. The summed E-state index contributed by atoms with van der Waals surface area (Å²) in [4.78, 5) is 8.57. The van der Waals surface area contributed by atoms with E-state index in [0.29, 0.717) is 17.5 Å². The second-order valence-corrected chi connectivity index (χ2v) is 7.06. The standard InChI is InChI=1S/C22H16ClF3N2O2/c23-18-4-2-1-3-17(18)21-28-19(12-29-21)15-7-5-14(6-8-15)16-9-10-20(27-11-16)30-13-22(24,25)26/h1-11,19H,12-13H2. The maximum atomic E-state index is 12.2. The Morgan fingerprint density at radius 1 is 1.00 bits per heavy atom. The van der Waals surface area contributed by atoms with Crippen molar-refractivity contribution < 1.29 is 22.6 Å². The van der Waals surface area contributed by atoms with Gasteiger partial charge in [0.15, 0.2) is 6.61 Å². The van der Waals surface area contributed by atoms with Crippen LogP contribution in [0, 0.1) is 0 Å². The molecule has 2 aromatic carbocycles. The number of hydrogen-bond acceptors (Lipinski definition) is 4. The number of rotatable bonds is 5. The Bertz CT molecular complexity index is 1050. The summed E-state index contributed by atoms with van der Waals surface area (Å²) >= 11 is 6.21. The molecule has 1 atom stereocenters. The number of pyridine rings is 1. The van der Waals surface area contributed by atoms with E-state index in [0.717, 1.165) is 22.3 Å². The lowest BCUT2D eigenvalue weighted by molar-refractivity contribution is -0.154. The lowest BCUT2D eigenvalue weighted by Crippen LogP contribution is -2.19. The third kappa shape index (κ3) is 4.74. The van der Waals surface area contributed by atoms with Crippen LogP contribution >= 0.6 is 11.6 Å². The fourth-order valence-corrected chi connectivity index (χ4v) is 3.23. The van der Waals surface area contributed by atoms with Gasteiger partial charge in [-0.05, 0) is 29.3 Å². The predicted molar refractivity (Wildman–Crippen MR) is 108 cm³/mol. The van der Waals surface area contributed by atoms with Crippen LogP contribution in [0.5, 0.6) is 5.88 Å². The number of benzene rings is 2. The van der Waals surface area contributed by atoms with Gasteiger partial charge >= 0.3 is 6.18 Å². The van der Waals surface area contributed by atoms with Gasteiger partial charge < -0.3 is 9.47 Å². The van der Waals surface area contributed by atoms with E-state index in [9.17, 15) is 13.2 Å². The molecule has 1 aliphatic heterocycles. The average Bonchev–Trinajstić information content (AvgIpc) is 3.23. The van der Waals surface area contributed by atoms with Gasteiger partial charge in [-0.25, -0.2) is 9.98 Å². The Labute approximate surface area is 176 Å². The first-order valence-corrected chi connectivity index (χ1v) is 9.48. The number of halogens is 4. The van der Waals surface area contributed by atoms with Crippen LogP contribution in [0.2, 0.25) is 5.02 Å². The molecule has 0 fully saturated rings. The fourth-order valence-electron chi connectivity index (χ4n) is 3.02. The van der Waals surface area contributed by atoms with Gasteiger partial charge in [-0.3, -0.25) is 0 Å². The predicted octanol–water partition coefficient (Wildman–Crippen LogP) is 5.86. The van der Waals surface area contributed by atoms with Crippen molar-refractivity contribution in [3.63, 3.8) is 0 Å². The minimum absolute atomic E-state index is 0.0720. The molecule has 0 aliphatic carbocycles. The molecule has 0 radical (unpaired) electrons. The Morgan fingerprint density at radius 2 is 1.73 bits per heavy atom. The van der Waals surface area contributed by atoms with Gasteiger partial charge in [0.1, 0.15) is 12.6 Å². The molecular weight excluding hydrogens is 417 g/mol. The van der Waals surface area contributed by atoms with Crippen LogP contribution in [0.15, 0.2) is 71.9 Å². The molecule has 1 aliphatic rings. The van der Waals surface area contributed by atoms with Crippen molar-refractivity contribution in [3.05, 3.63) is 83.0 Å². The molecule has 0 saturated heterocycles. The fraction of sp³-hybridized carbons (Fsp3) is 0.182. The summed E-state index contributed by atoms with van der Waals surface area (Å²) in [5.41, 5.74) is 3.39. The van der Waals surface area contributed by atoms with E-state index in [-0.39, 0.29) is 11.9 Å². The van der Waals surface area contributed by atoms with Crippen molar-refractivity contribution in [2.24, 2.45) is 4.99 Å². The van der Waals surface area contributed by atoms with Gasteiger partial charge in [0.25, 0.3) is 0 Å². The van der Waals surface area contributed by atoms with Crippen molar-refractivity contribution in [1.82, 2.24) is 4.98 Å². The molecule has 4 nitrogen and oxygen atoms in total. The zero-order valence-electron chi connectivity index (χ0n) is 15.6. The summed E-state index contributed by atoms with van der Waals surface area (Å²) in [5, 5.41) is 0.586. The van der Waals surface area contributed by atoms with Crippen LogP contribution in [0.3, 0.4) is 0 Å². The van der Waals surface area contributed by atoms with Crippen LogP contribution in [0.1, 0.15) is 17.2 Å². The number of ether oxygens (including phenoxy) is 2. The van der Waals surface area contributed by atoms with Crippen molar-refractivity contribution in [2.75, 3.05) is 13.2 Å². The van der Waals surface area contributed by atoms with E-state index in [2.05, 4.69) is 14.7 Å². The molecule has 0 bridgehead atoms. The van der Waals surface area contributed by atoms with Crippen LogP contribution in [-0.4, -0.2) is 30.3 Å². The van der Waals surface area contributed by atoms with Gasteiger partial charge in [-0.2, -0.15) is 13.2 Å². The maximum absolute atomic E-state index is 12.2. The van der Waals surface area contributed by atoms with Crippen LogP contribution in [0.25, 0.3) is 11.1 Å². The van der Waals surface area contributed by atoms with Gasteiger partial charge in [0, 0.05) is 17.8 Å². The van der Waals surface area contributed by atoms with Crippen LogP contribution in [0.4, 0.5) is 13.2 Å². The highest BCUT2D eigenvalue weighted by molar-refractivity contribution is 6.33. The Hall–Kier alpha value is -3.06. The molecule has 8 heteroatoms. The number of nitrogens with zero attached hydrogens (tertiary/aromatic N) is 2. The second kappa shape index (κ2) is 8.36. The third-order valence-electron chi connectivity index (χ3n) is 4.50. The zero-order valence-corrected chi connectivity index (χ0v) is 16.3. The van der Waals surface area contributed by atoms with E-state index in [1.54, 1.807) is 12.1 Å². The molecule has 4 rings (SSSR count). The largest absolute Gasteiger partial charge is 0.475 e. The number of aromatic nitrogens is 1. The smallest absolute Gasteiger partial charge is 0.422 e. The molecule has 154 valence electrons. The van der Waals surface area contributed by atoms with E-state index in [4.69, 9.17) is 16.3 Å². The summed E-state index contributed by atoms with van der Waals surface area (Å²) in [6.45, 7) is -0.944. The summed E-state index contributed by atoms with van der Waals surface area (Å²) in [7, 11) is 0. The van der Waals surface area contributed by atoms with E-state index in [1.807, 2.05) is 42.5 Å². The zero-order chi connectivity index (χ0) is 21.1. The topological polar surface area (TPSA) is 43.7 Å². The average molecular weight is 433 g/mol. The van der Waals surface area contributed by atoms with Crippen molar-refractivity contribution in [1.29, 1.82) is 0 Å². The van der Waals surface area contributed by atoms with Crippen LogP contribution in [-0.2, 0) is 4.74 Å². The Kier molecular flexibility index (Phi) is 5.63. The van der Waals surface area contributed by atoms with Gasteiger partial charge in [-0.1, -0.05) is 48.0 Å². The van der Waals surface area contributed by atoms with Crippen molar-refractivity contribution >= 4 is 17.5 Å². The van der Waals surface area contributed by atoms with E-state index >= 15 is 0 Å². The summed E-state index contributed by atoms with van der Waals surface area (Å²) in [6.07, 6.45) is -2.92. The number of hydrogen-bond donors (Lipinski definition) is 0. The van der Waals surface area contributed by atoms with Crippen LogP contribution < -0.4 is 4.74 Å². The molecule has 0 N–H and O–H groups in total. The first kappa shape index (κ1) is 20.2. The molecule has 2 heterocycles. The molecular formula is C22H16ClF3N2O2. The normalized spacial score (nSPS) is 16.1. The summed E-state index contributed by atoms with van der Waals surface area (Å²) in [5.74, 6) is 0.450. The number of aliphatic imine (C=N–C) groups is 1. The van der Waals surface area contributed by atoms with Crippen molar-refractivity contribution in [2.45, 2.75) is 12.2 Å². The lowest BCUT2D eigenvalue weighted by atomic mass is 10.0. The minimum Gasteiger partial charge on any atom is -0.475 e. The molecule has 0 spiro atoms. The Morgan fingerprint density at radius 3 is 2.40 bits per heavy atom. The third-order valence-corrected chi connectivity index (χ3v) is 4.83. The quantitative estimate of drug-likeness (QED) is 0.507. The number of alkyl halides is 3. The Balaban J connectivity index is 1.45. The molecule has 0 amide bonds. The highest BCUT2D eigenvalue weighted by atomic mass is 35.5. The molecule has 0 saturated carbocycles. The summed E-state index contributed by atoms with van der Waals surface area (Å²) < 4.78 is 47.0. The minimum atomic E-state index is -4.39. The first-order valence-electron chi connectivity index (χ1n) is 9.10. The van der Waals surface area contributed by atoms with Gasteiger partial charge in [-0.15, -0.1) is 0 Å². The SMILES string of the molecule is FC(F)(F)COc1ccc(-c2ccc(C3COC(c4ccccc4Cl)=N3)cc2)cn1. The van der Waals surface area contributed by atoms with Gasteiger partial charge in [0.05, 0.1) is 10.6 Å². The monoisotopic (exact) mass is 432 g/mol. The van der Waals surface area contributed by atoms with Crippen molar-refractivity contribution in [3.8, 4) is 17.0 Å². The molecule has 1 unspecified atom stereocenters. The molecule has 3 aromatic rings. The van der Waals surface area contributed by atoms with E-state index < -0.39 is 12.8 Å². The second-order valence-electron chi connectivity index (χ2n) is 6.65. The van der Waals surface area contributed by atoms with E-state index in [1.165, 1.54) is 12.3 Å². The highest BCUT2D eigenvalue weighted by Crippen LogP contribution is 2.29. The summed E-state index contributed by atoms with van der Waals surface area (Å²) in [6, 6.07) is 18.0. The highest BCUT2D eigenvalue weighted by Gasteiger charge is 2.28. The van der Waals surface area contributed by atoms with Gasteiger partial charge in [0.2, 0.25) is 11.8 Å². The molecule has 1 aromatic heterocycles.